The summed E-state index contributed by atoms with van der Waals surface area (Å²) in [7, 11) is 0. The predicted molar refractivity (Wildman–Crippen MR) is 93.7 cm³/mol. The maximum atomic E-state index is 5.44. The maximum Gasteiger partial charge on any atom is 0.187 e. The zero-order valence-electron chi connectivity index (χ0n) is 13.5. The molecule has 3 atom stereocenters. The Bertz CT molecular complexity index is 584. The van der Waals surface area contributed by atoms with Gasteiger partial charge in [-0.3, -0.25) is 10.4 Å². The molecule has 118 valence electrons. The van der Waals surface area contributed by atoms with Gasteiger partial charge in [0.15, 0.2) is 5.11 Å². The van der Waals surface area contributed by atoms with Crippen molar-refractivity contribution in [2.24, 2.45) is 22.4 Å². The molecule has 1 heterocycles. The van der Waals surface area contributed by atoms with Crippen molar-refractivity contribution >= 4 is 23.5 Å². The SMILES string of the molecule is CC1(C)[C@H]2CC[C@H](C2)[C@@]1(C)NC(=S)N/N=C\c1ccccn1. The monoisotopic (exact) mass is 316 g/mol. The minimum atomic E-state index is 0.0422. The van der Waals surface area contributed by atoms with E-state index in [-0.39, 0.29) is 11.0 Å². The Morgan fingerprint density at radius 2 is 2.09 bits per heavy atom. The highest BCUT2D eigenvalue weighted by Crippen LogP contribution is 2.61. The number of hydrogen-bond donors (Lipinski definition) is 2. The summed E-state index contributed by atoms with van der Waals surface area (Å²) in [5.41, 5.74) is 4.04. The Hall–Kier alpha value is -1.49. The third-order valence-electron chi connectivity index (χ3n) is 6.03. The first-order chi connectivity index (χ1) is 10.4. The first kappa shape index (κ1) is 15.4. The number of fused-ring (bicyclic) bond motifs is 2. The molecule has 22 heavy (non-hydrogen) atoms. The molecular weight excluding hydrogens is 292 g/mol. The molecule has 0 saturated heterocycles. The van der Waals surface area contributed by atoms with Crippen molar-refractivity contribution < 1.29 is 0 Å². The maximum absolute atomic E-state index is 5.44. The van der Waals surface area contributed by atoms with E-state index in [4.69, 9.17) is 12.2 Å². The molecule has 0 aromatic carbocycles. The highest BCUT2D eigenvalue weighted by atomic mass is 32.1. The highest BCUT2D eigenvalue weighted by Gasteiger charge is 2.60. The minimum Gasteiger partial charge on any atom is -0.355 e. The molecule has 0 amide bonds. The molecule has 3 rings (SSSR count). The Kier molecular flexibility index (Phi) is 3.93. The van der Waals surface area contributed by atoms with Crippen molar-refractivity contribution in [3.8, 4) is 0 Å². The molecular formula is C17H24N4S. The second kappa shape index (κ2) is 5.61. The first-order valence-corrected chi connectivity index (χ1v) is 8.36. The molecule has 2 aliphatic rings. The van der Waals surface area contributed by atoms with Crippen LogP contribution in [0.1, 0.15) is 45.7 Å². The van der Waals surface area contributed by atoms with Crippen LogP contribution in [0.4, 0.5) is 0 Å². The van der Waals surface area contributed by atoms with Gasteiger partial charge in [0.2, 0.25) is 0 Å². The Morgan fingerprint density at radius 1 is 1.32 bits per heavy atom. The van der Waals surface area contributed by atoms with Crippen LogP contribution >= 0.6 is 12.2 Å². The van der Waals surface area contributed by atoms with Gasteiger partial charge in [-0.25, -0.2) is 0 Å². The van der Waals surface area contributed by atoms with Crippen LogP contribution in [0.5, 0.6) is 0 Å². The minimum absolute atomic E-state index is 0.0422. The number of pyridine rings is 1. The molecule has 2 aliphatic carbocycles. The van der Waals surface area contributed by atoms with Crippen molar-refractivity contribution in [2.45, 2.75) is 45.6 Å². The molecule has 5 heteroatoms. The van der Waals surface area contributed by atoms with E-state index in [9.17, 15) is 0 Å². The number of aromatic nitrogens is 1. The van der Waals surface area contributed by atoms with Crippen LogP contribution in [0.15, 0.2) is 29.5 Å². The summed E-state index contributed by atoms with van der Waals surface area (Å²) in [5, 5.41) is 8.33. The lowest BCUT2D eigenvalue weighted by molar-refractivity contribution is 0.0833. The van der Waals surface area contributed by atoms with Crippen molar-refractivity contribution in [1.82, 2.24) is 15.7 Å². The van der Waals surface area contributed by atoms with Gasteiger partial charge in [-0.1, -0.05) is 19.9 Å². The van der Waals surface area contributed by atoms with E-state index in [1.54, 1.807) is 12.4 Å². The number of rotatable bonds is 3. The summed E-state index contributed by atoms with van der Waals surface area (Å²) in [6, 6.07) is 5.72. The van der Waals surface area contributed by atoms with Gasteiger partial charge in [0, 0.05) is 11.7 Å². The molecule has 0 unspecified atom stereocenters. The van der Waals surface area contributed by atoms with Gasteiger partial charge >= 0.3 is 0 Å². The van der Waals surface area contributed by atoms with E-state index in [1.165, 1.54) is 19.3 Å². The number of hydrogen-bond acceptors (Lipinski definition) is 3. The summed E-state index contributed by atoms with van der Waals surface area (Å²) in [6.45, 7) is 7.04. The van der Waals surface area contributed by atoms with Gasteiger partial charge in [0.25, 0.3) is 0 Å². The third-order valence-corrected chi connectivity index (χ3v) is 6.23. The normalized spacial score (nSPS) is 32.3. The third kappa shape index (κ3) is 2.51. The second-order valence-corrected chi connectivity index (χ2v) is 7.62. The van der Waals surface area contributed by atoms with Crippen molar-refractivity contribution in [3.05, 3.63) is 30.1 Å². The summed E-state index contributed by atoms with van der Waals surface area (Å²) in [5.74, 6) is 1.50. The van der Waals surface area contributed by atoms with Gasteiger partial charge < -0.3 is 5.32 Å². The number of hydrazone groups is 1. The second-order valence-electron chi connectivity index (χ2n) is 7.21. The van der Waals surface area contributed by atoms with Crippen molar-refractivity contribution in [3.63, 3.8) is 0 Å². The fourth-order valence-electron chi connectivity index (χ4n) is 4.25. The van der Waals surface area contributed by atoms with Crippen LogP contribution in [0.25, 0.3) is 0 Å². The molecule has 0 aliphatic heterocycles. The average molecular weight is 316 g/mol. The molecule has 2 saturated carbocycles. The molecule has 1 aromatic heterocycles. The number of nitrogens with one attached hydrogen (secondary N) is 2. The summed E-state index contributed by atoms with van der Waals surface area (Å²) in [4.78, 5) is 4.19. The van der Waals surface area contributed by atoms with Gasteiger partial charge in [0.1, 0.15) is 0 Å². The van der Waals surface area contributed by atoms with Gasteiger partial charge in [0.05, 0.1) is 11.9 Å². The fraction of sp³-hybridized carbons (Fsp3) is 0.588. The Morgan fingerprint density at radius 3 is 2.73 bits per heavy atom. The topological polar surface area (TPSA) is 49.3 Å². The van der Waals surface area contributed by atoms with Gasteiger partial charge in [-0.15, -0.1) is 0 Å². The lowest BCUT2D eigenvalue weighted by atomic mass is 9.64. The van der Waals surface area contributed by atoms with E-state index in [0.717, 1.165) is 11.6 Å². The summed E-state index contributed by atoms with van der Waals surface area (Å²) >= 11 is 5.44. The van der Waals surface area contributed by atoms with Gasteiger partial charge in [-0.05, 0) is 67.8 Å². The number of nitrogens with zero attached hydrogens (tertiary/aromatic N) is 2. The van der Waals surface area contributed by atoms with Crippen LogP contribution < -0.4 is 10.7 Å². The largest absolute Gasteiger partial charge is 0.355 e. The van der Waals surface area contributed by atoms with Crippen LogP contribution in [0.3, 0.4) is 0 Å². The van der Waals surface area contributed by atoms with E-state index in [1.807, 2.05) is 18.2 Å². The van der Waals surface area contributed by atoms with E-state index in [0.29, 0.717) is 11.0 Å². The standard InChI is InChI=1S/C17H24N4S/c1-16(2)12-7-8-13(10-12)17(16,3)20-15(22)21-19-11-14-6-4-5-9-18-14/h4-6,9,11-13H,7-8,10H2,1-3H3,(H2,20,21,22)/b19-11-/t12-,13+,17+/m0/s1. The van der Waals surface area contributed by atoms with E-state index in [2.05, 4.69) is 41.6 Å². The van der Waals surface area contributed by atoms with Crippen LogP contribution in [0, 0.1) is 17.3 Å². The molecule has 2 fully saturated rings. The van der Waals surface area contributed by atoms with Gasteiger partial charge in [-0.2, -0.15) is 5.10 Å². The average Bonchev–Trinajstić information content (AvgIpc) is 3.03. The van der Waals surface area contributed by atoms with Crippen LogP contribution in [0.2, 0.25) is 0 Å². The lowest BCUT2D eigenvalue weighted by Gasteiger charge is -2.48. The fourth-order valence-corrected chi connectivity index (χ4v) is 4.51. The zero-order chi connectivity index (χ0) is 15.8. The van der Waals surface area contributed by atoms with Crippen molar-refractivity contribution in [1.29, 1.82) is 0 Å². The molecule has 1 aromatic rings. The molecule has 4 nitrogen and oxygen atoms in total. The Balaban J connectivity index is 1.61. The summed E-state index contributed by atoms with van der Waals surface area (Å²) < 4.78 is 0. The molecule has 2 N–H and O–H groups in total. The molecule has 0 radical (unpaired) electrons. The summed E-state index contributed by atoms with van der Waals surface area (Å²) in [6.07, 6.45) is 7.40. The zero-order valence-corrected chi connectivity index (χ0v) is 14.3. The first-order valence-electron chi connectivity index (χ1n) is 7.96. The van der Waals surface area contributed by atoms with E-state index >= 15 is 0 Å². The Labute approximate surface area is 137 Å². The van der Waals surface area contributed by atoms with Crippen LogP contribution in [-0.4, -0.2) is 21.8 Å². The van der Waals surface area contributed by atoms with Crippen LogP contribution in [-0.2, 0) is 0 Å². The highest BCUT2D eigenvalue weighted by molar-refractivity contribution is 7.80. The van der Waals surface area contributed by atoms with Crippen molar-refractivity contribution in [2.75, 3.05) is 0 Å². The predicted octanol–water partition coefficient (Wildman–Crippen LogP) is 3.09. The van der Waals surface area contributed by atoms with E-state index < -0.39 is 0 Å². The lowest BCUT2D eigenvalue weighted by Crippen LogP contribution is -2.60. The molecule has 2 bridgehead atoms. The quantitative estimate of drug-likeness (QED) is 0.511. The smallest absolute Gasteiger partial charge is 0.187 e. The molecule has 0 spiro atoms. The number of thiocarbonyl (C=S) groups is 1.